The van der Waals surface area contributed by atoms with Gasteiger partial charge >= 0.3 is 11.7 Å². The fraction of sp³-hybridized carbons (Fsp3) is 0.333. The van der Waals surface area contributed by atoms with Crippen molar-refractivity contribution in [2.45, 2.75) is 26.4 Å². The third kappa shape index (κ3) is 2.99. The molecule has 6 nitrogen and oxygen atoms in total. The van der Waals surface area contributed by atoms with Gasteiger partial charge in [-0.15, -0.1) is 0 Å². The molecule has 1 aromatic heterocycles. The van der Waals surface area contributed by atoms with Crippen LogP contribution in [-0.2, 0) is 6.54 Å². The Balaban J connectivity index is 2.41. The Morgan fingerprint density at radius 3 is 2.57 bits per heavy atom. The van der Waals surface area contributed by atoms with E-state index in [-0.39, 0.29) is 23.8 Å². The van der Waals surface area contributed by atoms with Gasteiger partial charge in [0.2, 0.25) is 0 Å². The van der Waals surface area contributed by atoms with Crippen molar-refractivity contribution in [3.05, 3.63) is 52.2 Å². The van der Waals surface area contributed by atoms with Crippen LogP contribution in [0.3, 0.4) is 0 Å². The summed E-state index contributed by atoms with van der Waals surface area (Å²) in [5.74, 6) is -0.449. The lowest BCUT2D eigenvalue weighted by molar-refractivity contribution is 0.0696. The number of aromatic nitrogens is 2. The molecule has 1 heterocycles. The first kappa shape index (κ1) is 14.9. The lowest BCUT2D eigenvalue weighted by atomic mass is 10.1. The van der Waals surface area contributed by atoms with Crippen LogP contribution in [0.15, 0.2) is 35.4 Å². The minimum absolute atomic E-state index is 0.0750. The number of carbonyl (C=O) groups is 1. The number of carboxylic acids is 1. The number of hydrogen-bond donors (Lipinski definition) is 1. The molecule has 2 rings (SSSR count). The summed E-state index contributed by atoms with van der Waals surface area (Å²) >= 11 is 0. The Bertz CT molecular complexity index is 713. The van der Waals surface area contributed by atoms with Crippen LogP contribution in [-0.4, -0.2) is 27.3 Å². The van der Waals surface area contributed by atoms with Gasteiger partial charge in [0.1, 0.15) is 5.75 Å². The highest BCUT2D eigenvalue weighted by atomic mass is 16.5. The molecule has 0 aliphatic heterocycles. The van der Waals surface area contributed by atoms with Crippen LogP contribution in [0.25, 0.3) is 0 Å². The highest BCUT2D eigenvalue weighted by Gasteiger charge is 2.12. The molecule has 21 heavy (non-hydrogen) atoms. The fourth-order valence-corrected chi connectivity index (χ4v) is 2.16. The summed E-state index contributed by atoms with van der Waals surface area (Å²) in [5, 5.41) is 9.06. The Kier molecular flexibility index (Phi) is 4.16. The zero-order valence-electron chi connectivity index (χ0n) is 12.2. The van der Waals surface area contributed by atoms with Gasteiger partial charge in [-0.2, -0.15) is 0 Å². The van der Waals surface area contributed by atoms with Crippen LogP contribution < -0.4 is 10.4 Å². The van der Waals surface area contributed by atoms with Crippen LogP contribution in [0.1, 0.15) is 35.8 Å². The summed E-state index contributed by atoms with van der Waals surface area (Å²) in [4.78, 5) is 23.3. The van der Waals surface area contributed by atoms with E-state index < -0.39 is 5.97 Å². The van der Waals surface area contributed by atoms with E-state index in [0.717, 1.165) is 0 Å². The van der Waals surface area contributed by atoms with Crippen molar-refractivity contribution in [3.63, 3.8) is 0 Å². The average Bonchev–Trinajstić information content (AvgIpc) is 2.80. The summed E-state index contributed by atoms with van der Waals surface area (Å²) in [6.45, 7) is 4.12. The highest BCUT2D eigenvalue weighted by Crippen LogP contribution is 2.20. The first-order valence-corrected chi connectivity index (χ1v) is 6.61. The molecule has 0 aliphatic carbocycles. The van der Waals surface area contributed by atoms with Gasteiger partial charge in [0.15, 0.2) is 0 Å². The standard InChI is InChI=1S/C15H18N2O4/c1-10(2)17-7-6-16(15(17)20)9-12-8-11(14(18)19)4-5-13(12)21-3/h4-8,10H,9H2,1-3H3,(H,18,19). The number of hydrogen-bond acceptors (Lipinski definition) is 3. The molecule has 0 fully saturated rings. The maximum atomic E-state index is 12.2. The largest absolute Gasteiger partial charge is 0.496 e. The molecule has 0 saturated carbocycles. The van der Waals surface area contributed by atoms with Crippen molar-refractivity contribution in [1.29, 1.82) is 0 Å². The summed E-state index contributed by atoms with van der Waals surface area (Å²) in [5.41, 5.74) is 0.691. The van der Waals surface area contributed by atoms with Crippen molar-refractivity contribution in [3.8, 4) is 5.75 Å². The molecule has 0 aliphatic rings. The summed E-state index contributed by atoms with van der Waals surface area (Å²) in [7, 11) is 1.52. The Morgan fingerprint density at radius 1 is 1.33 bits per heavy atom. The third-order valence-corrected chi connectivity index (χ3v) is 3.30. The Morgan fingerprint density at radius 2 is 2.05 bits per heavy atom. The van der Waals surface area contributed by atoms with Gasteiger partial charge in [0.05, 0.1) is 19.2 Å². The topological polar surface area (TPSA) is 73.5 Å². The van der Waals surface area contributed by atoms with Crippen LogP contribution >= 0.6 is 0 Å². The molecule has 0 amide bonds. The van der Waals surface area contributed by atoms with Crippen molar-refractivity contribution in [1.82, 2.24) is 9.13 Å². The molecule has 1 N–H and O–H groups in total. The molecule has 0 unspecified atom stereocenters. The number of benzene rings is 1. The number of ether oxygens (including phenoxy) is 1. The second-order valence-corrected chi connectivity index (χ2v) is 5.04. The van der Waals surface area contributed by atoms with Gasteiger partial charge in [-0.25, -0.2) is 9.59 Å². The van der Waals surface area contributed by atoms with E-state index in [2.05, 4.69) is 0 Å². The average molecular weight is 290 g/mol. The van der Waals surface area contributed by atoms with E-state index in [1.165, 1.54) is 23.8 Å². The number of carboxylic acid groups (broad SMARTS) is 1. The number of imidazole rings is 1. The van der Waals surface area contributed by atoms with Crippen LogP contribution in [0.2, 0.25) is 0 Å². The Labute approximate surface area is 122 Å². The zero-order chi connectivity index (χ0) is 15.6. The third-order valence-electron chi connectivity index (χ3n) is 3.30. The van der Waals surface area contributed by atoms with Gasteiger partial charge < -0.3 is 9.84 Å². The van der Waals surface area contributed by atoms with E-state index in [1.54, 1.807) is 23.0 Å². The molecule has 112 valence electrons. The molecule has 0 bridgehead atoms. The van der Waals surface area contributed by atoms with E-state index >= 15 is 0 Å². The van der Waals surface area contributed by atoms with E-state index in [0.29, 0.717) is 11.3 Å². The monoisotopic (exact) mass is 290 g/mol. The van der Waals surface area contributed by atoms with Crippen molar-refractivity contribution in [2.24, 2.45) is 0 Å². The molecule has 0 atom stereocenters. The molecule has 6 heteroatoms. The fourth-order valence-electron chi connectivity index (χ4n) is 2.16. The van der Waals surface area contributed by atoms with Crippen LogP contribution in [0, 0.1) is 0 Å². The van der Waals surface area contributed by atoms with Crippen molar-refractivity contribution < 1.29 is 14.6 Å². The quantitative estimate of drug-likeness (QED) is 0.914. The smallest absolute Gasteiger partial charge is 0.335 e. The molecule has 1 aromatic carbocycles. The number of methoxy groups -OCH3 is 1. The van der Waals surface area contributed by atoms with Gasteiger partial charge in [-0.3, -0.25) is 9.13 Å². The second kappa shape index (κ2) is 5.87. The molecular weight excluding hydrogens is 272 g/mol. The lowest BCUT2D eigenvalue weighted by Gasteiger charge is -2.10. The molecule has 2 aromatic rings. The van der Waals surface area contributed by atoms with Gasteiger partial charge in [-0.1, -0.05) is 0 Å². The minimum Gasteiger partial charge on any atom is -0.496 e. The summed E-state index contributed by atoms with van der Waals surface area (Å²) in [6.07, 6.45) is 3.41. The SMILES string of the molecule is COc1ccc(C(=O)O)cc1Cn1ccn(C(C)C)c1=O. The highest BCUT2D eigenvalue weighted by molar-refractivity contribution is 5.88. The van der Waals surface area contributed by atoms with Crippen LogP contribution in [0.5, 0.6) is 5.75 Å². The van der Waals surface area contributed by atoms with E-state index in [4.69, 9.17) is 9.84 Å². The van der Waals surface area contributed by atoms with Crippen LogP contribution in [0.4, 0.5) is 0 Å². The Hall–Kier alpha value is -2.50. The lowest BCUT2D eigenvalue weighted by Crippen LogP contribution is -2.25. The normalized spacial score (nSPS) is 10.9. The van der Waals surface area contributed by atoms with E-state index in [1.807, 2.05) is 13.8 Å². The second-order valence-electron chi connectivity index (χ2n) is 5.04. The number of rotatable bonds is 5. The molecular formula is C15H18N2O4. The van der Waals surface area contributed by atoms with Gasteiger partial charge in [0.25, 0.3) is 0 Å². The molecule has 0 radical (unpaired) electrons. The summed E-state index contributed by atoms with van der Waals surface area (Å²) < 4.78 is 8.38. The predicted molar refractivity (Wildman–Crippen MR) is 78.1 cm³/mol. The molecule has 0 saturated heterocycles. The first-order valence-electron chi connectivity index (χ1n) is 6.61. The summed E-state index contributed by atoms with van der Waals surface area (Å²) in [6, 6.07) is 4.68. The maximum Gasteiger partial charge on any atom is 0.335 e. The van der Waals surface area contributed by atoms with Gasteiger partial charge in [0, 0.05) is 24.0 Å². The first-order chi connectivity index (χ1) is 9.93. The minimum atomic E-state index is -1.01. The van der Waals surface area contributed by atoms with Crippen molar-refractivity contribution >= 4 is 5.97 Å². The zero-order valence-corrected chi connectivity index (χ0v) is 12.2. The predicted octanol–water partition coefficient (Wildman–Crippen LogP) is 1.99. The van der Waals surface area contributed by atoms with E-state index in [9.17, 15) is 9.59 Å². The van der Waals surface area contributed by atoms with Crippen molar-refractivity contribution in [2.75, 3.05) is 7.11 Å². The number of nitrogens with zero attached hydrogens (tertiary/aromatic N) is 2. The maximum absolute atomic E-state index is 12.2. The number of aromatic carboxylic acids is 1. The molecule has 0 spiro atoms. The van der Waals surface area contributed by atoms with Gasteiger partial charge in [-0.05, 0) is 32.0 Å².